The first-order chi connectivity index (χ1) is 7.88. The first-order valence-electron chi connectivity index (χ1n) is 6.09. The van der Waals surface area contributed by atoms with E-state index >= 15 is 0 Å². The molecule has 0 fully saturated rings. The zero-order chi connectivity index (χ0) is 11.2. The molecule has 1 atom stereocenters. The van der Waals surface area contributed by atoms with Gasteiger partial charge in [0.1, 0.15) is 0 Å². The minimum absolute atomic E-state index is 0.00796. The van der Waals surface area contributed by atoms with Crippen LogP contribution in [0.4, 0.5) is 0 Å². The van der Waals surface area contributed by atoms with Gasteiger partial charge in [0.25, 0.3) is 0 Å². The number of allylic oxidation sites excluding steroid dienone is 1. The maximum Gasteiger partial charge on any atom is 0.0547 e. The lowest BCUT2D eigenvalue weighted by Crippen LogP contribution is -2.14. The molecular weight excluding hydrogens is 198 g/mol. The quantitative estimate of drug-likeness (QED) is 0.775. The highest BCUT2D eigenvalue weighted by molar-refractivity contribution is 5.24. The third kappa shape index (κ3) is 2.89. The maximum atomic E-state index is 6.25. The third-order valence-electron chi connectivity index (χ3n) is 3.19. The van der Waals surface area contributed by atoms with Crippen LogP contribution in [0.15, 0.2) is 30.1 Å². The molecule has 1 aliphatic rings. The average molecular weight is 217 g/mol. The molecule has 0 aromatic carbocycles. The van der Waals surface area contributed by atoms with Crippen LogP contribution in [0.1, 0.15) is 50.1 Å². The number of hydrogen-bond donors (Lipinski definition) is 1. The number of aromatic nitrogens is 2. The highest BCUT2D eigenvalue weighted by atomic mass is 15.1. The Morgan fingerprint density at radius 1 is 1.12 bits per heavy atom. The van der Waals surface area contributed by atoms with Gasteiger partial charge in [-0.25, -0.2) is 0 Å². The molecule has 1 aromatic rings. The largest absolute Gasteiger partial charge is 0.320 e. The molecule has 0 radical (unpaired) electrons. The van der Waals surface area contributed by atoms with Crippen molar-refractivity contribution in [2.45, 2.75) is 44.6 Å². The smallest absolute Gasteiger partial charge is 0.0547 e. The molecule has 16 heavy (non-hydrogen) atoms. The summed E-state index contributed by atoms with van der Waals surface area (Å²) in [6.45, 7) is 0. The van der Waals surface area contributed by atoms with Gasteiger partial charge in [0.05, 0.1) is 12.2 Å². The van der Waals surface area contributed by atoms with E-state index in [2.05, 4.69) is 16.3 Å². The fourth-order valence-electron chi connectivity index (χ4n) is 2.20. The van der Waals surface area contributed by atoms with Gasteiger partial charge in [-0.1, -0.05) is 24.5 Å². The Bertz CT molecular complexity index is 345. The minimum Gasteiger partial charge on any atom is -0.320 e. The molecule has 0 saturated carbocycles. The van der Waals surface area contributed by atoms with Crippen LogP contribution in [0.25, 0.3) is 0 Å². The van der Waals surface area contributed by atoms with Crippen molar-refractivity contribution in [1.29, 1.82) is 0 Å². The molecule has 0 saturated heterocycles. The SMILES string of the molecule is NC(/C1=C/CCCCCC1)c1ccnnc1. The Balaban J connectivity index is 2.10. The molecule has 0 spiro atoms. The maximum absolute atomic E-state index is 6.25. The topological polar surface area (TPSA) is 51.8 Å². The van der Waals surface area contributed by atoms with Gasteiger partial charge >= 0.3 is 0 Å². The number of rotatable bonds is 2. The zero-order valence-electron chi connectivity index (χ0n) is 9.60. The molecule has 3 heteroatoms. The van der Waals surface area contributed by atoms with E-state index in [1.165, 1.54) is 37.7 Å². The van der Waals surface area contributed by atoms with E-state index < -0.39 is 0 Å². The Hall–Kier alpha value is -1.22. The van der Waals surface area contributed by atoms with E-state index in [1.807, 2.05) is 6.07 Å². The van der Waals surface area contributed by atoms with E-state index in [0.29, 0.717) is 0 Å². The molecule has 1 aliphatic carbocycles. The summed E-state index contributed by atoms with van der Waals surface area (Å²) in [4.78, 5) is 0. The van der Waals surface area contributed by atoms with Crippen LogP contribution in [0.2, 0.25) is 0 Å². The van der Waals surface area contributed by atoms with E-state index in [4.69, 9.17) is 5.73 Å². The van der Waals surface area contributed by atoms with E-state index in [9.17, 15) is 0 Å². The number of hydrogen-bond acceptors (Lipinski definition) is 3. The average Bonchev–Trinajstić information content (AvgIpc) is 2.29. The van der Waals surface area contributed by atoms with Crippen molar-refractivity contribution < 1.29 is 0 Å². The fraction of sp³-hybridized carbons (Fsp3) is 0.538. The Morgan fingerprint density at radius 2 is 2.00 bits per heavy atom. The molecule has 1 aromatic heterocycles. The molecule has 1 unspecified atom stereocenters. The zero-order valence-corrected chi connectivity index (χ0v) is 9.60. The molecule has 3 nitrogen and oxygen atoms in total. The Labute approximate surface area is 96.8 Å². The summed E-state index contributed by atoms with van der Waals surface area (Å²) in [7, 11) is 0. The summed E-state index contributed by atoms with van der Waals surface area (Å²) < 4.78 is 0. The normalized spacial score (nSPS) is 22.7. The van der Waals surface area contributed by atoms with Crippen molar-refractivity contribution in [1.82, 2.24) is 10.2 Å². The second-order valence-corrected chi connectivity index (χ2v) is 4.39. The number of nitrogens with two attached hydrogens (primary N) is 1. The Kier molecular flexibility index (Phi) is 4.05. The van der Waals surface area contributed by atoms with Gasteiger partial charge in [0.2, 0.25) is 0 Å². The van der Waals surface area contributed by atoms with Crippen molar-refractivity contribution >= 4 is 0 Å². The van der Waals surface area contributed by atoms with Gasteiger partial charge in [0, 0.05) is 6.20 Å². The van der Waals surface area contributed by atoms with Crippen LogP contribution in [-0.2, 0) is 0 Å². The molecule has 2 rings (SSSR count). The molecule has 86 valence electrons. The third-order valence-corrected chi connectivity index (χ3v) is 3.19. The van der Waals surface area contributed by atoms with E-state index in [-0.39, 0.29) is 6.04 Å². The van der Waals surface area contributed by atoms with Gasteiger partial charge in [-0.05, 0) is 37.3 Å². The van der Waals surface area contributed by atoms with Gasteiger partial charge < -0.3 is 5.73 Å². The van der Waals surface area contributed by atoms with Crippen LogP contribution in [0, 0.1) is 0 Å². The van der Waals surface area contributed by atoms with Crippen molar-refractivity contribution in [2.75, 3.05) is 0 Å². The summed E-state index contributed by atoms with van der Waals surface area (Å²) >= 11 is 0. The van der Waals surface area contributed by atoms with Crippen LogP contribution in [-0.4, -0.2) is 10.2 Å². The van der Waals surface area contributed by atoms with Crippen LogP contribution in [0.5, 0.6) is 0 Å². The lowest BCUT2D eigenvalue weighted by molar-refractivity contribution is 0.602. The molecule has 0 bridgehead atoms. The van der Waals surface area contributed by atoms with Gasteiger partial charge in [-0.3, -0.25) is 0 Å². The predicted molar refractivity (Wildman–Crippen MR) is 64.7 cm³/mol. The summed E-state index contributed by atoms with van der Waals surface area (Å²) in [6, 6.07) is 1.96. The van der Waals surface area contributed by atoms with Crippen molar-refractivity contribution in [3.05, 3.63) is 35.7 Å². The molecule has 1 heterocycles. The highest BCUT2D eigenvalue weighted by Gasteiger charge is 2.12. The summed E-state index contributed by atoms with van der Waals surface area (Å²) in [6.07, 6.45) is 13.3. The van der Waals surface area contributed by atoms with Gasteiger partial charge in [-0.15, -0.1) is 0 Å². The predicted octanol–water partition coefficient (Wildman–Crippen LogP) is 2.76. The monoisotopic (exact) mass is 217 g/mol. The van der Waals surface area contributed by atoms with E-state index in [0.717, 1.165) is 12.0 Å². The fourth-order valence-corrected chi connectivity index (χ4v) is 2.20. The molecular formula is C13H19N3. The molecule has 0 aliphatic heterocycles. The lowest BCUT2D eigenvalue weighted by atomic mass is 9.92. The second kappa shape index (κ2) is 5.75. The summed E-state index contributed by atoms with van der Waals surface area (Å²) in [5.74, 6) is 0. The van der Waals surface area contributed by atoms with Crippen molar-refractivity contribution in [2.24, 2.45) is 5.73 Å². The van der Waals surface area contributed by atoms with Crippen molar-refractivity contribution in [3.63, 3.8) is 0 Å². The lowest BCUT2D eigenvalue weighted by Gasteiger charge is -2.18. The van der Waals surface area contributed by atoms with Crippen molar-refractivity contribution in [3.8, 4) is 0 Å². The van der Waals surface area contributed by atoms with Gasteiger partial charge in [-0.2, -0.15) is 10.2 Å². The summed E-state index contributed by atoms with van der Waals surface area (Å²) in [5, 5.41) is 7.67. The van der Waals surface area contributed by atoms with Gasteiger partial charge in [0.15, 0.2) is 0 Å². The van der Waals surface area contributed by atoms with Crippen LogP contribution < -0.4 is 5.73 Å². The standard InChI is InChI=1S/C13H19N3/c14-13(12-8-9-15-16-10-12)11-6-4-2-1-3-5-7-11/h6,8-10,13H,1-5,7,14H2/b11-6+. The first kappa shape index (κ1) is 11.3. The Morgan fingerprint density at radius 3 is 2.81 bits per heavy atom. The van der Waals surface area contributed by atoms with E-state index in [1.54, 1.807) is 12.4 Å². The highest BCUT2D eigenvalue weighted by Crippen LogP contribution is 2.26. The molecule has 2 N–H and O–H groups in total. The van der Waals surface area contributed by atoms with Crippen LogP contribution in [0.3, 0.4) is 0 Å². The second-order valence-electron chi connectivity index (χ2n) is 4.39. The summed E-state index contributed by atoms with van der Waals surface area (Å²) in [5.41, 5.74) is 8.69. The first-order valence-corrected chi connectivity index (χ1v) is 6.09. The number of nitrogens with zero attached hydrogens (tertiary/aromatic N) is 2. The molecule has 0 amide bonds. The van der Waals surface area contributed by atoms with Crippen LogP contribution >= 0.6 is 0 Å². The minimum atomic E-state index is 0.00796.